The molecule has 0 aliphatic heterocycles. The van der Waals surface area contributed by atoms with Crippen molar-refractivity contribution in [2.45, 2.75) is 12.8 Å². The minimum absolute atomic E-state index is 0.510. The van der Waals surface area contributed by atoms with Gasteiger partial charge in [0, 0.05) is 19.1 Å². The summed E-state index contributed by atoms with van der Waals surface area (Å²) in [5.74, 6) is -5.56. The molecule has 0 aromatic carbocycles. The van der Waals surface area contributed by atoms with Crippen molar-refractivity contribution in [3.8, 4) is 0 Å². The number of carbonyl (C=O) groups is 2. The summed E-state index contributed by atoms with van der Waals surface area (Å²) in [4.78, 5) is 20.4. The highest BCUT2D eigenvalue weighted by molar-refractivity contribution is 5.90. The normalized spacial score (nSPS) is 11.6. The summed E-state index contributed by atoms with van der Waals surface area (Å²) in [6.45, 7) is -0.475. The maximum absolute atomic E-state index is 12.1. The number of aliphatic carboxylic acids is 1. The summed E-state index contributed by atoms with van der Waals surface area (Å²) in [7, 11) is 0. The molecule has 0 aliphatic rings. The summed E-state index contributed by atoms with van der Waals surface area (Å²) in [6, 6.07) is 0. The molecule has 0 heterocycles. The first-order valence-corrected chi connectivity index (χ1v) is 3.27. The second kappa shape index (κ2) is 4.54. The van der Waals surface area contributed by atoms with Crippen LogP contribution in [-0.4, -0.2) is 29.6 Å². The van der Waals surface area contributed by atoms with E-state index in [0.717, 1.165) is 0 Å². The van der Waals surface area contributed by atoms with Crippen molar-refractivity contribution in [2.24, 2.45) is 0 Å². The lowest BCUT2D eigenvalue weighted by atomic mass is 10.4. The van der Waals surface area contributed by atoms with Crippen LogP contribution in [0.4, 0.5) is 8.78 Å². The average Bonchev–Trinajstić information content (AvgIpc) is 1.95. The minimum Gasteiger partial charge on any atom is -0.478 e. The van der Waals surface area contributed by atoms with Crippen LogP contribution in [0.2, 0.25) is 0 Å². The lowest BCUT2D eigenvalue weighted by molar-refractivity contribution is -0.148. The summed E-state index contributed by atoms with van der Waals surface area (Å²) in [5, 5.41) is 8.05. The molecule has 0 saturated heterocycles. The third-order valence-electron chi connectivity index (χ3n) is 0.830. The molecule has 0 saturated carbocycles. The van der Waals surface area contributed by atoms with Gasteiger partial charge in [-0.1, -0.05) is 0 Å². The van der Waals surface area contributed by atoms with Gasteiger partial charge in [-0.3, -0.25) is 0 Å². The van der Waals surface area contributed by atoms with Gasteiger partial charge in [0.15, 0.2) is 6.61 Å². The van der Waals surface area contributed by atoms with Crippen LogP contribution in [0.3, 0.4) is 0 Å². The monoisotopic (exact) mass is 194 g/mol. The van der Waals surface area contributed by atoms with Gasteiger partial charge in [-0.2, -0.15) is 0 Å². The van der Waals surface area contributed by atoms with Gasteiger partial charge in [-0.05, 0) is 0 Å². The van der Waals surface area contributed by atoms with Crippen molar-refractivity contribution in [2.75, 3.05) is 6.61 Å². The average molecular weight is 194 g/mol. The Morgan fingerprint density at radius 2 is 2.00 bits per heavy atom. The molecule has 0 aromatic heterocycles. The van der Waals surface area contributed by atoms with E-state index in [4.69, 9.17) is 5.11 Å². The molecule has 0 radical (unpaired) electrons. The molecular weight excluding hydrogens is 186 g/mol. The lowest BCUT2D eigenvalue weighted by Gasteiger charge is -2.08. The van der Waals surface area contributed by atoms with Crippen molar-refractivity contribution in [3.05, 3.63) is 12.2 Å². The van der Waals surface area contributed by atoms with Crippen LogP contribution < -0.4 is 0 Å². The summed E-state index contributed by atoms with van der Waals surface area (Å²) >= 11 is 0. The fourth-order valence-electron chi connectivity index (χ4n) is 0.385. The van der Waals surface area contributed by atoms with Gasteiger partial charge in [0.25, 0.3) is 5.92 Å². The highest BCUT2D eigenvalue weighted by Gasteiger charge is 2.22. The van der Waals surface area contributed by atoms with E-state index in [2.05, 4.69) is 4.74 Å². The molecule has 0 aromatic rings. The first kappa shape index (κ1) is 11.5. The molecule has 0 atom stereocenters. The van der Waals surface area contributed by atoms with Crippen LogP contribution in [0.5, 0.6) is 0 Å². The van der Waals surface area contributed by atoms with Gasteiger partial charge in [0.2, 0.25) is 0 Å². The number of halogens is 2. The van der Waals surface area contributed by atoms with Crippen molar-refractivity contribution < 1.29 is 28.2 Å². The zero-order valence-corrected chi connectivity index (χ0v) is 6.79. The van der Waals surface area contributed by atoms with E-state index in [9.17, 15) is 18.4 Å². The predicted molar refractivity (Wildman–Crippen MR) is 38.4 cm³/mol. The SMILES string of the molecule is CC(F)(F)COC(=O)/C=C/C(=O)O. The standard InChI is InChI=1S/C7H8F2O4/c1-7(8,9)4-13-6(12)3-2-5(10)11/h2-3H,4H2,1H3,(H,10,11)/b3-2+. The van der Waals surface area contributed by atoms with E-state index >= 15 is 0 Å². The van der Waals surface area contributed by atoms with Crippen LogP contribution in [0, 0.1) is 0 Å². The first-order chi connectivity index (χ1) is 5.81. The number of esters is 1. The van der Waals surface area contributed by atoms with Crippen LogP contribution in [-0.2, 0) is 14.3 Å². The predicted octanol–water partition coefficient (Wildman–Crippen LogP) is 0.826. The molecule has 0 rings (SSSR count). The third kappa shape index (κ3) is 8.45. The van der Waals surface area contributed by atoms with Crippen LogP contribution in [0.15, 0.2) is 12.2 Å². The molecule has 4 nitrogen and oxygen atoms in total. The topological polar surface area (TPSA) is 63.6 Å². The largest absolute Gasteiger partial charge is 0.478 e. The van der Waals surface area contributed by atoms with Crippen molar-refractivity contribution in [1.82, 2.24) is 0 Å². The Morgan fingerprint density at radius 1 is 1.46 bits per heavy atom. The maximum Gasteiger partial charge on any atom is 0.331 e. The fraction of sp³-hybridized carbons (Fsp3) is 0.429. The van der Waals surface area contributed by atoms with Crippen LogP contribution in [0.1, 0.15) is 6.92 Å². The highest BCUT2D eigenvalue weighted by Crippen LogP contribution is 2.11. The van der Waals surface area contributed by atoms with Crippen molar-refractivity contribution in [1.29, 1.82) is 0 Å². The molecule has 74 valence electrons. The first-order valence-electron chi connectivity index (χ1n) is 3.27. The zero-order valence-electron chi connectivity index (χ0n) is 6.79. The van der Waals surface area contributed by atoms with E-state index in [1.807, 2.05) is 0 Å². The Hall–Kier alpha value is -1.46. The lowest BCUT2D eigenvalue weighted by Crippen LogP contribution is -2.20. The van der Waals surface area contributed by atoms with Gasteiger partial charge in [-0.15, -0.1) is 0 Å². The van der Waals surface area contributed by atoms with Crippen LogP contribution in [0.25, 0.3) is 0 Å². The number of carboxylic acid groups (broad SMARTS) is 1. The Bertz CT molecular complexity index is 229. The summed E-state index contributed by atoms with van der Waals surface area (Å²) in [5.41, 5.74) is 0. The molecule has 0 bridgehead atoms. The number of carbonyl (C=O) groups excluding carboxylic acids is 1. The second-order valence-electron chi connectivity index (χ2n) is 2.35. The molecule has 6 heteroatoms. The van der Waals surface area contributed by atoms with E-state index in [-0.39, 0.29) is 0 Å². The fourth-order valence-corrected chi connectivity index (χ4v) is 0.385. The van der Waals surface area contributed by atoms with Gasteiger partial charge >= 0.3 is 11.9 Å². The second-order valence-corrected chi connectivity index (χ2v) is 2.35. The van der Waals surface area contributed by atoms with E-state index < -0.39 is 24.5 Å². The molecule has 1 N–H and O–H groups in total. The molecule has 0 spiro atoms. The van der Waals surface area contributed by atoms with Crippen molar-refractivity contribution >= 4 is 11.9 Å². The highest BCUT2D eigenvalue weighted by atomic mass is 19.3. The number of rotatable bonds is 4. The number of carboxylic acids is 1. The number of alkyl halides is 2. The quantitative estimate of drug-likeness (QED) is 0.531. The van der Waals surface area contributed by atoms with Gasteiger partial charge < -0.3 is 9.84 Å². The molecule has 0 aliphatic carbocycles. The Kier molecular flexibility index (Phi) is 4.03. The Balaban J connectivity index is 3.83. The molecule has 13 heavy (non-hydrogen) atoms. The molecule has 0 amide bonds. The van der Waals surface area contributed by atoms with Gasteiger partial charge in [0.05, 0.1) is 0 Å². The Morgan fingerprint density at radius 3 is 2.38 bits per heavy atom. The maximum atomic E-state index is 12.1. The van der Waals surface area contributed by atoms with E-state index in [1.54, 1.807) is 0 Å². The number of hydrogen-bond acceptors (Lipinski definition) is 3. The summed E-state index contributed by atoms with van der Waals surface area (Å²) < 4.78 is 28.1. The van der Waals surface area contributed by atoms with Crippen molar-refractivity contribution in [3.63, 3.8) is 0 Å². The molecular formula is C7H8F2O4. The Labute approximate surface area is 72.8 Å². The van der Waals surface area contributed by atoms with Crippen LogP contribution >= 0.6 is 0 Å². The molecule has 0 unspecified atom stereocenters. The smallest absolute Gasteiger partial charge is 0.331 e. The third-order valence-corrected chi connectivity index (χ3v) is 0.830. The number of ether oxygens (including phenoxy) is 1. The van der Waals surface area contributed by atoms with Gasteiger partial charge in [0.1, 0.15) is 0 Å². The van der Waals surface area contributed by atoms with E-state index in [1.165, 1.54) is 0 Å². The zero-order chi connectivity index (χ0) is 10.5. The van der Waals surface area contributed by atoms with Gasteiger partial charge in [-0.25, -0.2) is 18.4 Å². The summed E-state index contributed by atoms with van der Waals surface area (Å²) in [6.07, 6.45) is 1.07. The molecule has 0 fully saturated rings. The van der Waals surface area contributed by atoms with E-state index in [0.29, 0.717) is 19.1 Å². The number of hydrogen-bond donors (Lipinski definition) is 1. The minimum atomic E-state index is -3.10.